The molecule has 4 heterocycles. The number of fused-ring (bicyclic) bond motifs is 2. The van der Waals surface area contributed by atoms with E-state index in [9.17, 15) is 4.79 Å². The van der Waals surface area contributed by atoms with E-state index in [0.29, 0.717) is 18.8 Å². The Balaban J connectivity index is 1.47. The van der Waals surface area contributed by atoms with Crippen molar-refractivity contribution in [2.24, 2.45) is 5.73 Å². The maximum atomic E-state index is 13.8. The Hall–Kier alpha value is -3.22. The molecule has 3 N–H and O–H groups in total. The molecule has 0 saturated carbocycles. The summed E-state index contributed by atoms with van der Waals surface area (Å²) in [5.74, 6) is 6.97. The molecule has 1 saturated heterocycles. The molecular weight excluding hydrogens is 442 g/mol. The van der Waals surface area contributed by atoms with Gasteiger partial charge in [0.2, 0.25) is 0 Å². The van der Waals surface area contributed by atoms with E-state index in [1.807, 2.05) is 38.2 Å². The molecule has 5 rings (SSSR count). The molecule has 9 nitrogen and oxygen atoms in total. The lowest BCUT2D eigenvalue weighted by atomic mass is 9.94. The molecule has 2 aromatic rings. The van der Waals surface area contributed by atoms with Crippen molar-refractivity contribution in [1.82, 2.24) is 14.7 Å². The molecule has 1 aromatic carbocycles. The Morgan fingerprint density at radius 1 is 1.31 bits per heavy atom. The number of nitrogens with two attached hydrogens (primary N) is 1. The van der Waals surface area contributed by atoms with Crippen LogP contribution in [0.2, 0.25) is 0 Å². The molecule has 0 bridgehead atoms. The van der Waals surface area contributed by atoms with Gasteiger partial charge in [-0.15, -0.1) is 5.92 Å². The van der Waals surface area contributed by atoms with Gasteiger partial charge in [0.25, 0.3) is 5.56 Å². The molecule has 186 valence electrons. The molecule has 0 radical (unpaired) electrons. The molecule has 0 spiro atoms. The zero-order chi connectivity index (χ0) is 24.7. The summed E-state index contributed by atoms with van der Waals surface area (Å²) in [5.41, 5.74) is 7.99. The Morgan fingerprint density at radius 2 is 2.11 bits per heavy atom. The summed E-state index contributed by atoms with van der Waals surface area (Å²) < 4.78 is 7.91. The van der Waals surface area contributed by atoms with Gasteiger partial charge in [-0.3, -0.25) is 9.69 Å². The van der Waals surface area contributed by atoms with Crippen molar-refractivity contribution in [2.45, 2.75) is 64.1 Å². The number of anilines is 3. The van der Waals surface area contributed by atoms with Crippen LogP contribution in [0.1, 0.15) is 33.6 Å². The average Bonchev–Trinajstić information content (AvgIpc) is 3.20. The van der Waals surface area contributed by atoms with Gasteiger partial charge in [-0.05, 0) is 45.7 Å². The predicted molar refractivity (Wildman–Crippen MR) is 139 cm³/mol. The lowest BCUT2D eigenvalue weighted by molar-refractivity contribution is 0.0572. The van der Waals surface area contributed by atoms with Gasteiger partial charge in [0.1, 0.15) is 17.0 Å². The van der Waals surface area contributed by atoms with Crippen molar-refractivity contribution in [3.63, 3.8) is 0 Å². The Morgan fingerprint density at radius 3 is 2.89 bits per heavy atom. The number of likely N-dealkylation sites (N-methyl/N-ethyl adjacent to an activating group) is 1. The van der Waals surface area contributed by atoms with Gasteiger partial charge < -0.3 is 25.6 Å². The van der Waals surface area contributed by atoms with Crippen LogP contribution in [0.4, 0.5) is 17.1 Å². The molecule has 3 atom stereocenters. The first-order valence-corrected chi connectivity index (χ1v) is 12.3. The highest BCUT2D eigenvalue weighted by Crippen LogP contribution is 2.40. The monoisotopic (exact) mass is 477 g/mol. The zero-order valence-corrected chi connectivity index (χ0v) is 21.0. The molecule has 0 amide bonds. The number of nitrogens with zero attached hydrogens (tertiary/aromatic N) is 5. The molecule has 35 heavy (non-hydrogen) atoms. The summed E-state index contributed by atoms with van der Waals surface area (Å²) >= 11 is 0. The first kappa shape index (κ1) is 23.5. The van der Waals surface area contributed by atoms with Crippen LogP contribution in [-0.4, -0.2) is 65.3 Å². The number of hydrogen-bond donors (Lipinski definition) is 2. The number of para-hydroxylation sites is 2. The van der Waals surface area contributed by atoms with E-state index < -0.39 is 5.60 Å². The standard InChI is InChI=1S/C26H35N7O2/c1-5-6-14-32-23-19(29-25(32)31-13-9-10-18(27)16-31)15-28-33(24(23)34)17-22-26(2,3)35-21-12-8-7-11-20(21)30(22)4/h7-8,11-12,15,18,22,25,29H,9-10,13-14,16-17,27H2,1-4H3. The van der Waals surface area contributed by atoms with Gasteiger partial charge in [0.05, 0.1) is 36.7 Å². The summed E-state index contributed by atoms with van der Waals surface area (Å²) in [6, 6.07) is 8.04. The molecular formula is C26H35N7O2. The second kappa shape index (κ2) is 9.10. The highest BCUT2D eigenvalue weighted by atomic mass is 16.5. The number of benzene rings is 1. The minimum absolute atomic E-state index is 0.0882. The fourth-order valence-electron chi connectivity index (χ4n) is 5.54. The lowest BCUT2D eigenvalue weighted by Crippen LogP contribution is -2.58. The van der Waals surface area contributed by atoms with Gasteiger partial charge in [-0.25, -0.2) is 4.68 Å². The van der Waals surface area contributed by atoms with E-state index in [0.717, 1.165) is 43.1 Å². The fraction of sp³-hybridized carbons (Fsp3) is 0.538. The number of piperidine rings is 1. The summed E-state index contributed by atoms with van der Waals surface area (Å²) in [5, 5.41) is 8.07. The lowest BCUT2D eigenvalue weighted by Gasteiger charge is -2.46. The highest BCUT2D eigenvalue weighted by Gasteiger charge is 2.42. The van der Waals surface area contributed by atoms with Crippen LogP contribution in [0.15, 0.2) is 35.3 Å². The van der Waals surface area contributed by atoms with E-state index in [-0.39, 0.29) is 23.9 Å². The summed E-state index contributed by atoms with van der Waals surface area (Å²) in [7, 11) is 2.05. The number of ether oxygens (including phenoxy) is 1. The minimum Gasteiger partial charge on any atom is -0.483 e. The Kier molecular flexibility index (Phi) is 6.11. The number of likely N-dealkylation sites (tertiary alicyclic amines) is 1. The smallest absolute Gasteiger partial charge is 0.292 e. The van der Waals surface area contributed by atoms with Gasteiger partial charge in [-0.1, -0.05) is 18.1 Å². The third-order valence-electron chi connectivity index (χ3n) is 7.38. The Labute approximate surface area is 206 Å². The molecule has 0 aliphatic carbocycles. The molecule has 3 aliphatic rings. The maximum Gasteiger partial charge on any atom is 0.292 e. The maximum absolute atomic E-state index is 13.8. The van der Waals surface area contributed by atoms with Gasteiger partial charge in [-0.2, -0.15) is 5.10 Å². The largest absolute Gasteiger partial charge is 0.483 e. The van der Waals surface area contributed by atoms with Crippen molar-refractivity contribution >= 4 is 17.1 Å². The number of nitrogens with one attached hydrogen (secondary N) is 1. The Bertz CT molecular complexity index is 1210. The molecule has 1 aromatic heterocycles. The average molecular weight is 478 g/mol. The molecule has 3 aliphatic heterocycles. The van der Waals surface area contributed by atoms with Crippen LogP contribution in [-0.2, 0) is 6.54 Å². The normalized spacial score (nSPS) is 25.1. The second-order valence-corrected chi connectivity index (χ2v) is 10.2. The number of rotatable bonds is 4. The van der Waals surface area contributed by atoms with Crippen molar-refractivity contribution in [1.29, 1.82) is 0 Å². The van der Waals surface area contributed by atoms with Crippen LogP contribution in [0.3, 0.4) is 0 Å². The summed E-state index contributed by atoms with van der Waals surface area (Å²) in [6.45, 7) is 8.50. The molecule has 9 heteroatoms. The van der Waals surface area contributed by atoms with Crippen molar-refractivity contribution in [2.75, 3.05) is 41.8 Å². The van der Waals surface area contributed by atoms with E-state index in [4.69, 9.17) is 10.5 Å². The molecule has 3 unspecified atom stereocenters. The van der Waals surface area contributed by atoms with Crippen molar-refractivity contribution < 1.29 is 4.74 Å². The van der Waals surface area contributed by atoms with Crippen LogP contribution >= 0.6 is 0 Å². The van der Waals surface area contributed by atoms with Gasteiger partial charge >= 0.3 is 0 Å². The van der Waals surface area contributed by atoms with E-state index >= 15 is 0 Å². The van der Waals surface area contributed by atoms with E-state index in [1.165, 1.54) is 0 Å². The van der Waals surface area contributed by atoms with Crippen LogP contribution in [0, 0.1) is 11.8 Å². The fourth-order valence-corrected chi connectivity index (χ4v) is 5.54. The summed E-state index contributed by atoms with van der Waals surface area (Å²) in [6.07, 6.45) is 3.66. The van der Waals surface area contributed by atoms with Crippen molar-refractivity contribution in [3.8, 4) is 17.6 Å². The quantitative estimate of drug-likeness (QED) is 0.645. The van der Waals surface area contributed by atoms with Crippen LogP contribution in [0.25, 0.3) is 0 Å². The second-order valence-electron chi connectivity index (χ2n) is 10.2. The van der Waals surface area contributed by atoms with Crippen molar-refractivity contribution in [3.05, 3.63) is 40.8 Å². The van der Waals surface area contributed by atoms with Gasteiger partial charge in [0, 0.05) is 26.2 Å². The topological polar surface area (TPSA) is 91.9 Å². The van der Waals surface area contributed by atoms with Crippen LogP contribution in [0.5, 0.6) is 5.75 Å². The van der Waals surface area contributed by atoms with E-state index in [2.05, 4.69) is 50.8 Å². The number of hydrogen-bond acceptors (Lipinski definition) is 8. The van der Waals surface area contributed by atoms with E-state index in [1.54, 1.807) is 10.9 Å². The predicted octanol–water partition coefficient (Wildman–Crippen LogP) is 1.88. The third-order valence-corrected chi connectivity index (χ3v) is 7.38. The third kappa shape index (κ3) is 4.21. The highest BCUT2D eigenvalue weighted by molar-refractivity contribution is 5.74. The summed E-state index contributed by atoms with van der Waals surface area (Å²) in [4.78, 5) is 20.4. The van der Waals surface area contributed by atoms with Crippen LogP contribution < -0.4 is 31.1 Å². The first-order valence-electron chi connectivity index (χ1n) is 12.3. The molecule has 1 fully saturated rings. The van der Waals surface area contributed by atoms with Gasteiger partial charge in [0.15, 0.2) is 6.29 Å². The zero-order valence-electron chi connectivity index (χ0n) is 21.0. The minimum atomic E-state index is -0.513. The first-order chi connectivity index (χ1) is 16.8. The SMILES string of the molecule is CC#CCN1c2c(cnn(CC3N(C)c4ccccc4OC3(C)C)c2=O)NC1N1CCCC(N)C1. The number of aromatic nitrogens is 2.